The van der Waals surface area contributed by atoms with Crippen molar-refractivity contribution in [3.8, 4) is 11.1 Å². The number of aromatic amines is 1. The van der Waals surface area contributed by atoms with Crippen molar-refractivity contribution < 1.29 is 22.7 Å². The standard InChI is InChI=1S/C26H29F3N4O2/c1-15-12-31-23-19(15)11-18(13-32-23)17-9-16-6-8-33(24(34)25(2,35-3)26(27,28)29)14-21(16)20(10-17)22-5-4-7-30-22/h9-13,22,30H,4-8,14H2,1-3H3,(H,31,32)/t22-,25-/m0/s1. The molecule has 0 unspecified atom stereocenters. The third-order valence-electron chi connectivity index (χ3n) is 7.53. The largest absolute Gasteiger partial charge is 0.426 e. The van der Waals surface area contributed by atoms with Crippen molar-refractivity contribution in [1.82, 2.24) is 20.2 Å². The van der Waals surface area contributed by atoms with Crippen molar-refractivity contribution >= 4 is 16.9 Å². The van der Waals surface area contributed by atoms with Crippen LogP contribution in [0.5, 0.6) is 0 Å². The number of nitrogens with zero attached hydrogens (tertiary/aromatic N) is 2. The van der Waals surface area contributed by atoms with Crippen LogP contribution in [0, 0.1) is 6.92 Å². The average Bonchev–Trinajstić information content (AvgIpc) is 3.51. The maximum absolute atomic E-state index is 13.7. The molecule has 1 amide bonds. The molecule has 2 aliphatic heterocycles. The molecule has 2 atom stereocenters. The number of methoxy groups -OCH3 is 1. The number of pyridine rings is 1. The van der Waals surface area contributed by atoms with Crippen molar-refractivity contribution in [1.29, 1.82) is 0 Å². The first kappa shape index (κ1) is 23.8. The molecule has 2 N–H and O–H groups in total. The summed E-state index contributed by atoms with van der Waals surface area (Å²) in [6.45, 7) is 4.06. The van der Waals surface area contributed by atoms with Gasteiger partial charge in [0.15, 0.2) is 0 Å². The predicted molar refractivity (Wildman–Crippen MR) is 127 cm³/mol. The molecule has 6 nitrogen and oxygen atoms in total. The summed E-state index contributed by atoms with van der Waals surface area (Å²) >= 11 is 0. The highest BCUT2D eigenvalue weighted by Gasteiger charge is 2.59. The molecule has 0 bridgehead atoms. The second kappa shape index (κ2) is 8.64. The van der Waals surface area contributed by atoms with Crippen LogP contribution in [0.2, 0.25) is 0 Å². The number of H-pyrrole nitrogens is 1. The smallest absolute Gasteiger partial charge is 0.361 e. The first-order valence-electron chi connectivity index (χ1n) is 11.9. The summed E-state index contributed by atoms with van der Waals surface area (Å²) in [5.74, 6) is -1.05. The molecule has 3 aromatic rings. The van der Waals surface area contributed by atoms with Crippen LogP contribution in [0.15, 0.2) is 30.6 Å². The van der Waals surface area contributed by atoms with Gasteiger partial charge in [0.2, 0.25) is 5.60 Å². The third kappa shape index (κ3) is 4.00. The lowest BCUT2D eigenvalue weighted by atomic mass is 9.86. The molecule has 4 heterocycles. The molecule has 2 aliphatic rings. The number of ether oxygens (including phenoxy) is 1. The SMILES string of the molecule is CO[C@@](C)(C(=O)N1CCc2cc(-c3cnc4[nH]cc(C)c4c3)cc([C@@H]3CCCN3)c2C1)C(F)(F)F. The summed E-state index contributed by atoms with van der Waals surface area (Å²) in [7, 11) is 0.931. The minimum Gasteiger partial charge on any atom is -0.361 e. The Morgan fingerprint density at radius 1 is 1.23 bits per heavy atom. The highest BCUT2D eigenvalue weighted by atomic mass is 19.4. The van der Waals surface area contributed by atoms with Crippen LogP contribution in [0.3, 0.4) is 0 Å². The lowest BCUT2D eigenvalue weighted by Gasteiger charge is -2.38. The van der Waals surface area contributed by atoms with Crippen molar-refractivity contribution in [3.05, 3.63) is 52.8 Å². The number of carbonyl (C=O) groups is 1. The van der Waals surface area contributed by atoms with Crippen molar-refractivity contribution in [2.45, 2.75) is 57.5 Å². The monoisotopic (exact) mass is 486 g/mol. The fourth-order valence-electron chi connectivity index (χ4n) is 5.22. The highest BCUT2D eigenvalue weighted by molar-refractivity contribution is 5.87. The number of nitrogens with one attached hydrogen (secondary N) is 2. The summed E-state index contributed by atoms with van der Waals surface area (Å²) in [5.41, 5.74) is 4.14. The van der Waals surface area contributed by atoms with Gasteiger partial charge in [-0.25, -0.2) is 4.98 Å². The van der Waals surface area contributed by atoms with Crippen LogP contribution in [0.4, 0.5) is 13.2 Å². The molecule has 0 aliphatic carbocycles. The Morgan fingerprint density at radius 2 is 2.03 bits per heavy atom. The number of aryl methyl sites for hydroxylation is 1. The molecular formula is C26H29F3N4O2. The van der Waals surface area contributed by atoms with E-state index in [-0.39, 0.29) is 19.1 Å². The topological polar surface area (TPSA) is 70.2 Å². The van der Waals surface area contributed by atoms with Gasteiger partial charge in [-0.05, 0) is 79.6 Å². The number of benzene rings is 1. The fraction of sp³-hybridized carbons (Fsp3) is 0.462. The van der Waals surface area contributed by atoms with Gasteiger partial charge in [0.25, 0.3) is 5.91 Å². The first-order valence-corrected chi connectivity index (χ1v) is 11.9. The van der Waals surface area contributed by atoms with Crippen LogP contribution in [-0.4, -0.2) is 52.8 Å². The minimum absolute atomic E-state index is 0.0980. The molecule has 2 aromatic heterocycles. The van der Waals surface area contributed by atoms with E-state index in [0.29, 0.717) is 6.42 Å². The number of hydrogen-bond acceptors (Lipinski definition) is 4. The predicted octanol–water partition coefficient (Wildman–Crippen LogP) is 4.81. The van der Waals surface area contributed by atoms with Crippen LogP contribution in [-0.2, 0) is 22.5 Å². The zero-order chi connectivity index (χ0) is 25.0. The van der Waals surface area contributed by atoms with Gasteiger partial charge in [-0.15, -0.1) is 0 Å². The van der Waals surface area contributed by atoms with E-state index < -0.39 is 17.7 Å². The van der Waals surface area contributed by atoms with Gasteiger partial charge in [-0.3, -0.25) is 4.79 Å². The molecule has 0 spiro atoms. The van der Waals surface area contributed by atoms with Gasteiger partial charge in [0, 0.05) is 49.6 Å². The summed E-state index contributed by atoms with van der Waals surface area (Å²) in [4.78, 5) is 22.0. The van der Waals surface area contributed by atoms with Gasteiger partial charge in [-0.2, -0.15) is 13.2 Å². The number of aromatic nitrogens is 2. The van der Waals surface area contributed by atoms with Gasteiger partial charge in [-0.1, -0.05) is 6.07 Å². The van der Waals surface area contributed by atoms with Crippen LogP contribution < -0.4 is 5.32 Å². The minimum atomic E-state index is -4.80. The second-order valence-corrected chi connectivity index (χ2v) is 9.66. The lowest BCUT2D eigenvalue weighted by molar-refractivity contribution is -0.258. The van der Waals surface area contributed by atoms with E-state index in [1.807, 2.05) is 19.3 Å². The second-order valence-electron chi connectivity index (χ2n) is 9.66. The van der Waals surface area contributed by atoms with Gasteiger partial charge in [0.1, 0.15) is 5.65 Å². The number of alkyl halides is 3. The Bertz CT molecular complexity index is 1280. The maximum atomic E-state index is 13.7. The number of fused-ring (bicyclic) bond motifs is 2. The number of amides is 1. The molecule has 9 heteroatoms. The van der Waals surface area contributed by atoms with E-state index in [1.165, 1.54) is 4.90 Å². The normalized spacial score (nSPS) is 20.2. The summed E-state index contributed by atoms with van der Waals surface area (Å²) in [6.07, 6.45) is 1.42. The Labute approximate surface area is 201 Å². The average molecular weight is 487 g/mol. The summed E-state index contributed by atoms with van der Waals surface area (Å²) in [6, 6.07) is 6.42. The Morgan fingerprint density at radius 3 is 2.71 bits per heavy atom. The zero-order valence-corrected chi connectivity index (χ0v) is 20.1. The zero-order valence-electron chi connectivity index (χ0n) is 20.1. The quantitative estimate of drug-likeness (QED) is 0.555. The summed E-state index contributed by atoms with van der Waals surface area (Å²) < 4.78 is 45.8. The van der Waals surface area contributed by atoms with Crippen molar-refractivity contribution in [2.75, 3.05) is 20.2 Å². The van der Waals surface area contributed by atoms with E-state index >= 15 is 0 Å². The number of hydrogen-bond donors (Lipinski definition) is 2. The van der Waals surface area contributed by atoms with Crippen molar-refractivity contribution in [3.63, 3.8) is 0 Å². The molecule has 1 aromatic carbocycles. The number of rotatable bonds is 4. The molecule has 35 heavy (non-hydrogen) atoms. The number of carbonyl (C=O) groups excluding carboxylic acids is 1. The van der Waals surface area contributed by atoms with E-state index in [9.17, 15) is 18.0 Å². The third-order valence-corrected chi connectivity index (χ3v) is 7.53. The maximum Gasteiger partial charge on any atom is 0.426 e. The van der Waals surface area contributed by atoms with E-state index in [1.54, 1.807) is 0 Å². The van der Waals surface area contributed by atoms with E-state index in [4.69, 9.17) is 4.74 Å². The fourth-order valence-corrected chi connectivity index (χ4v) is 5.22. The Hall–Kier alpha value is -2.91. The van der Waals surface area contributed by atoms with Crippen LogP contribution in [0.25, 0.3) is 22.2 Å². The van der Waals surface area contributed by atoms with Crippen LogP contribution >= 0.6 is 0 Å². The molecule has 0 radical (unpaired) electrons. The molecular weight excluding hydrogens is 457 g/mol. The lowest BCUT2D eigenvalue weighted by Crippen LogP contribution is -2.58. The Balaban J connectivity index is 1.55. The van der Waals surface area contributed by atoms with Gasteiger partial charge < -0.3 is 19.9 Å². The molecule has 5 rings (SSSR count). The molecule has 0 saturated carbocycles. The van der Waals surface area contributed by atoms with E-state index in [0.717, 1.165) is 77.8 Å². The summed E-state index contributed by atoms with van der Waals surface area (Å²) in [5, 5.41) is 4.58. The van der Waals surface area contributed by atoms with Crippen LogP contribution in [0.1, 0.15) is 48.1 Å². The Kier molecular flexibility index (Phi) is 5.88. The van der Waals surface area contributed by atoms with Crippen molar-refractivity contribution in [2.24, 2.45) is 0 Å². The first-order chi connectivity index (χ1) is 16.6. The van der Waals surface area contributed by atoms with E-state index in [2.05, 4.69) is 33.5 Å². The van der Waals surface area contributed by atoms with Gasteiger partial charge in [0.05, 0.1) is 0 Å². The van der Waals surface area contributed by atoms with Gasteiger partial charge >= 0.3 is 6.18 Å². The molecule has 186 valence electrons. The molecule has 1 fully saturated rings. The highest BCUT2D eigenvalue weighted by Crippen LogP contribution is 2.39. The molecule has 1 saturated heterocycles. The number of halogens is 3.